The van der Waals surface area contributed by atoms with Crippen LogP contribution in [0.2, 0.25) is 0 Å². The van der Waals surface area contributed by atoms with Gasteiger partial charge in [-0.15, -0.1) is 12.4 Å². The molecule has 0 radical (unpaired) electrons. The second kappa shape index (κ2) is 12.3. The molecular weight excluding hydrogens is 394 g/mol. The highest BCUT2D eigenvalue weighted by molar-refractivity contribution is 9.10. The monoisotopic (exact) mass is 415 g/mol. The molecule has 2 aromatic rings. The second-order valence-corrected chi connectivity index (χ2v) is 5.91. The van der Waals surface area contributed by atoms with Crippen molar-refractivity contribution in [1.82, 2.24) is 5.32 Å². The predicted molar refractivity (Wildman–Crippen MR) is 102 cm³/mol. The largest absolute Gasteiger partial charge is 0.488 e. The Balaban J connectivity index is 0.00000288. The molecule has 0 aromatic heterocycles. The van der Waals surface area contributed by atoms with Crippen LogP contribution < -0.4 is 10.1 Å². The Hall–Kier alpha value is -1.11. The smallest absolute Gasteiger partial charge is 0.134 e. The van der Waals surface area contributed by atoms with Crippen molar-refractivity contribution in [3.05, 3.63) is 64.1 Å². The molecule has 0 aliphatic heterocycles. The molecule has 0 spiro atoms. The lowest BCUT2D eigenvalue weighted by Gasteiger charge is -2.11. The predicted octanol–water partition coefficient (Wildman–Crippen LogP) is 3.55. The van der Waals surface area contributed by atoms with E-state index in [-0.39, 0.29) is 19.0 Å². The number of aliphatic hydroxyl groups excluding tert-OH is 1. The van der Waals surface area contributed by atoms with Gasteiger partial charge < -0.3 is 19.9 Å². The van der Waals surface area contributed by atoms with Crippen molar-refractivity contribution in [3.63, 3.8) is 0 Å². The standard InChI is InChI=1S/C18H22BrNO3.ClH/c19-17-12-16(13-20-8-10-22-11-9-21)6-7-18(17)23-14-15-4-2-1-3-5-15;/h1-7,12,20-21H,8-11,13-14H2;1H. The van der Waals surface area contributed by atoms with E-state index in [0.717, 1.165) is 28.9 Å². The highest BCUT2D eigenvalue weighted by atomic mass is 79.9. The molecule has 2 rings (SSSR count). The van der Waals surface area contributed by atoms with Crippen LogP contribution in [0.1, 0.15) is 11.1 Å². The SMILES string of the molecule is Cl.OCCOCCNCc1ccc(OCc2ccccc2)c(Br)c1. The van der Waals surface area contributed by atoms with Gasteiger partial charge in [-0.05, 0) is 39.2 Å². The fourth-order valence-corrected chi connectivity index (χ4v) is 2.59. The normalized spacial score (nSPS) is 10.2. The van der Waals surface area contributed by atoms with Gasteiger partial charge in [0.15, 0.2) is 0 Å². The fourth-order valence-electron chi connectivity index (χ4n) is 2.05. The maximum absolute atomic E-state index is 8.61. The summed E-state index contributed by atoms with van der Waals surface area (Å²) in [5.41, 5.74) is 2.32. The molecule has 0 aliphatic rings. The first-order chi connectivity index (χ1) is 11.3. The summed E-state index contributed by atoms with van der Waals surface area (Å²) in [6.07, 6.45) is 0. The van der Waals surface area contributed by atoms with E-state index >= 15 is 0 Å². The van der Waals surface area contributed by atoms with Crippen LogP contribution in [0.3, 0.4) is 0 Å². The molecule has 0 heterocycles. The summed E-state index contributed by atoms with van der Waals surface area (Å²) in [5, 5.41) is 11.9. The molecule has 0 saturated heterocycles. The van der Waals surface area contributed by atoms with Crippen LogP contribution in [0, 0.1) is 0 Å². The van der Waals surface area contributed by atoms with Gasteiger partial charge in [0.2, 0.25) is 0 Å². The number of nitrogens with one attached hydrogen (secondary N) is 1. The van der Waals surface area contributed by atoms with Crippen molar-refractivity contribution >= 4 is 28.3 Å². The van der Waals surface area contributed by atoms with Gasteiger partial charge in [-0.25, -0.2) is 0 Å². The van der Waals surface area contributed by atoms with Crippen LogP contribution in [0.15, 0.2) is 53.0 Å². The molecule has 4 nitrogen and oxygen atoms in total. The first kappa shape index (κ1) is 20.9. The fraction of sp³-hybridized carbons (Fsp3) is 0.333. The van der Waals surface area contributed by atoms with Crippen molar-refractivity contribution in [1.29, 1.82) is 0 Å². The quantitative estimate of drug-likeness (QED) is 0.582. The summed E-state index contributed by atoms with van der Waals surface area (Å²) >= 11 is 3.56. The van der Waals surface area contributed by atoms with Gasteiger partial charge in [0.25, 0.3) is 0 Å². The molecule has 0 aliphatic carbocycles. The molecule has 0 fully saturated rings. The summed E-state index contributed by atoms with van der Waals surface area (Å²) in [4.78, 5) is 0. The van der Waals surface area contributed by atoms with Crippen LogP contribution in [0.5, 0.6) is 5.75 Å². The van der Waals surface area contributed by atoms with Crippen LogP contribution in [-0.2, 0) is 17.9 Å². The van der Waals surface area contributed by atoms with E-state index in [1.54, 1.807) is 0 Å². The minimum Gasteiger partial charge on any atom is -0.488 e. The average molecular weight is 417 g/mol. The summed E-state index contributed by atoms with van der Waals surface area (Å²) < 4.78 is 12.0. The van der Waals surface area contributed by atoms with E-state index < -0.39 is 0 Å². The van der Waals surface area contributed by atoms with Crippen molar-refractivity contribution in [3.8, 4) is 5.75 Å². The Morgan fingerprint density at radius 3 is 2.50 bits per heavy atom. The minimum atomic E-state index is 0. The van der Waals surface area contributed by atoms with Crippen molar-refractivity contribution in [2.45, 2.75) is 13.2 Å². The van der Waals surface area contributed by atoms with Gasteiger partial charge in [-0.3, -0.25) is 0 Å². The molecule has 2 N–H and O–H groups in total. The third kappa shape index (κ3) is 7.64. The van der Waals surface area contributed by atoms with Gasteiger partial charge in [-0.1, -0.05) is 36.4 Å². The molecule has 0 amide bonds. The molecule has 0 bridgehead atoms. The van der Waals surface area contributed by atoms with E-state index in [1.807, 2.05) is 42.5 Å². The van der Waals surface area contributed by atoms with Crippen LogP contribution in [0.25, 0.3) is 0 Å². The summed E-state index contributed by atoms with van der Waals surface area (Å²) in [6.45, 7) is 3.13. The van der Waals surface area contributed by atoms with E-state index in [1.165, 1.54) is 5.56 Å². The average Bonchev–Trinajstić information content (AvgIpc) is 2.58. The first-order valence-electron chi connectivity index (χ1n) is 7.64. The molecule has 132 valence electrons. The Morgan fingerprint density at radius 1 is 1.00 bits per heavy atom. The van der Waals surface area contributed by atoms with Gasteiger partial charge in [0.05, 0.1) is 24.3 Å². The molecule has 0 unspecified atom stereocenters. The number of benzene rings is 2. The van der Waals surface area contributed by atoms with Gasteiger partial charge in [-0.2, -0.15) is 0 Å². The van der Waals surface area contributed by atoms with E-state index in [4.69, 9.17) is 14.6 Å². The van der Waals surface area contributed by atoms with Crippen LogP contribution >= 0.6 is 28.3 Å². The Kier molecular flexibility index (Phi) is 10.7. The number of hydrogen-bond acceptors (Lipinski definition) is 4. The summed E-state index contributed by atoms with van der Waals surface area (Å²) in [5.74, 6) is 0.837. The highest BCUT2D eigenvalue weighted by Gasteiger charge is 2.03. The van der Waals surface area contributed by atoms with Gasteiger partial charge in [0, 0.05) is 13.1 Å². The lowest BCUT2D eigenvalue weighted by Crippen LogP contribution is -2.20. The van der Waals surface area contributed by atoms with E-state index in [0.29, 0.717) is 19.8 Å². The Morgan fingerprint density at radius 2 is 1.79 bits per heavy atom. The van der Waals surface area contributed by atoms with Crippen molar-refractivity contribution < 1.29 is 14.6 Å². The number of rotatable bonds is 10. The zero-order valence-electron chi connectivity index (χ0n) is 13.4. The van der Waals surface area contributed by atoms with E-state index in [9.17, 15) is 0 Å². The lowest BCUT2D eigenvalue weighted by atomic mass is 10.2. The Labute approximate surface area is 157 Å². The van der Waals surface area contributed by atoms with E-state index in [2.05, 4.69) is 27.3 Å². The third-order valence-corrected chi connectivity index (χ3v) is 3.84. The molecular formula is C18H23BrClNO3. The zero-order chi connectivity index (χ0) is 16.3. The zero-order valence-corrected chi connectivity index (χ0v) is 15.8. The molecule has 2 aromatic carbocycles. The summed E-state index contributed by atoms with van der Waals surface area (Å²) in [6, 6.07) is 16.2. The molecule has 0 atom stereocenters. The van der Waals surface area contributed by atoms with Crippen molar-refractivity contribution in [2.75, 3.05) is 26.4 Å². The number of aliphatic hydroxyl groups is 1. The molecule has 6 heteroatoms. The van der Waals surface area contributed by atoms with Crippen LogP contribution in [-0.4, -0.2) is 31.5 Å². The molecule has 0 saturated carbocycles. The maximum Gasteiger partial charge on any atom is 0.134 e. The number of ether oxygens (including phenoxy) is 2. The summed E-state index contributed by atoms with van der Waals surface area (Å²) in [7, 11) is 0. The number of hydrogen-bond donors (Lipinski definition) is 2. The second-order valence-electron chi connectivity index (χ2n) is 5.05. The first-order valence-corrected chi connectivity index (χ1v) is 8.43. The van der Waals surface area contributed by atoms with Crippen molar-refractivity contribution in [2.24, 2.45) is 0 Å². The Bertz CT molecular complexity index is 584. The third-order valence-electron chi connectivity index (χ3n) is 3.22. The van der Waals surface area contributed by atoms with Gasteiger partial charge >= 0.3 is 0 Å². The van der Waals surface area contributed by atoms with Crippen LogP contribution in [0.4, 0.5) is 0 Å². The highest BCUT2D eigenvalue weighted by Crippen LogP contribution is 2.26. The number of halogens is 2. The maximum atomic E-state index is 8.61. The minimum absolute atomic E-state index is 0. The lowest BCUT2D eigenvalue weighted by molar-refractivity contribution is 0.0938. The molecule has 24 heavy (non-hydrogen) atoms. The van der Waals surface area contributed by atoms with Gasteiger partial charge in [0.1, 0.15) is 12.4 Å². The topological polar surface area (TPSA) is 50.7 Å².